The molecule has 0 radical (unpaired) electrons. The average molecular weight is 349 g/mol. The third-order valence-electron chi connectivity index (χ3n) is 3.57. The fourth-order valence-electron chi connectivity index (χ4n) is 2.30. The summed E-state index contributed by atoms with van der Waals surface area (Å²) in [6.07, 6.45) is -10.6. The summed E-state index contributed by atoms with van der Waals surface area (Å²) in [6, 6.07) is 17.4. The fraction of sp³-hybridized carbons (Fsp3) is 0.400. The summed E-state index contributed by atoms with van der Waals surface area (Å²) < 4.78 is 63.3. The molecule has 25 heavy (non-hydrogen) atoms. The maximum Gasteiger partial charge on any atom is 0.186 e. The molecule has 0 aliphatic carbocycles. The zero-order chi connectivity index (χ0) is 22.0. The molecule has 3 rings (SSSR count). The van der Waals surface area contributed by atoms with Crippen LogP contribution in [0.2, 0.25) is 0 Å². The van der Waals surface area contributed by atoms with Gasteiger partial charge in [0.1, 0.15) is 18.2 Å². The molecule has 1 N–H and O–H groups in total. The van der Waals surface area contributed by atoms with Gasteiger partial charge in [-0.1, -0.05) is 60.7 Å². The normalized spacial score (nSPS) is 38.3. The number of rotatable bonds is 8. The van der Waals surface area contributed by atoms with Crippen LogP contribution in [0.15, 0.2) is 60.7 Å². The van der Waals surface area contributed by atoms with Gasteiger partial charge in [-0.25, -0.2) is 0 Å². The molecule has 1 saturated heterocycles. The van der Waals surface area contributed by atoms with Crippen LogP contribution in [0.4, 0.5) is 0 Å². The lowest BCUT2D eigenvalue weighted by atomic mass is 10.1. The summed E-state index contributed by atoms with van der Waals surface area (Å²) in [4.78, 5) is 0. The minimum absolute atomic E-state index is 0.222. The predicted octanol–water partition coefficient (Wildman–Crippen LogP) is 2.52. The quantitative estimate of drug-likeness (QED) is 0.794. The van der Waals surface area contributed by atoms with Crippen molar-refractivity contribution in [1.82, 2.24) is 0 Å². The third kappa shape index (κ3) is 4.87. The highest BCUT2D eigenvalue weighted by molar-refractivity contribution is 5.14. The highest BCUT2D eigenvalue weighted by Crippen LogP contribution is 2.26. The SMILES string of the molecule is [2H]C([2H])(OCc1ccccc1)[C@@]1([2H])O[C@@H](OC)[C@]([2H])(O)[C@]1([2H])OCc1ccccc1. The average Bonchev–Trinajstić information content (AvgIpc) is 2.90. The van der Waals surface area contributed by atoms with Gasteiger partial charge < -0.3 is 24.1 Å². The Hall–Kier alpha value is -1.76. The Morgan fingerprint density at radius 2 is 1.64 bits per heavy atom. The van der Waals surface area contributed by atoms with E-state index in [1.54, 1.807) is 60.7 Å². The van der Waals surface area contributed by atoms with Gasteiger partial charge in [-0.3, -0.25) is 0 Å². The van der Waals surface area contributed by atoms with Gasteiger partial charge in [-0.15, -0.1) is 0 Å². The molecule has 4 atom stereocenters. The van der Waals surface area contributed by atoms with E-state index in [9.17, 15) is 5.11 Å². The minimum Gasteiger partial charge on any atom is -0.385 e. The third-order valence-corrected chi connectivity index (χ3v) is 3.57. The van der Waals surface area contributed by atoms with E-state index >= 15 is 0 Å². The van der Waals surface area contributed by atoms with E-state index in [1.165, 1.54) is 0 Å². The molecule has 2 aromatic carbocycles. The first kappa shape index (κ1) is 12.6. The van der Waals surface area contributed by atoms with Crippen molar-refractivity contribution >= 4 is 0 Å². The zero-order valence-electron chi connectivity index (χ0n) is 18.8. The first-order valence-electron chi connectivity index (χ1n) is 10.4. The molecule has 0 amide bonds. The molecule has 5 nitrogen and oxygen atoms in total. The van der Waals surface area contributed by atoms with Crippen LogP contribution in [0.25, 0.3) is 0 Å². The maximum atomic E-state index is 10.7. The van der Waals surface area contributed by atoms with Crippen molar-refractivity contribution in [2.75, 3.05) is 13.7 Å². The monoisotopic (exact) mass is 349 g/mol. The first-order chi connectivity index (χ1) is 14.1. The van der Waals surface area contributed by atoms with Crippen LogP contribution in [0.5, 0.6) is 0 Å². The number of methoxy groups -OCH3 is 1. The summed E-state index contributed by atoms with van der Waals surface area (Å²) in [5, 5.41) is 10.7. The van der Waals surface area contributed by atoms with Crippen LogP contribution in [0.3, 0.4) is 0 Å². The van der Waals surface area contributed by atoms with E-state index in [1.807, 2.05) is 0 Å². The molecule has 134 valence electrons. The standard InChI is InChI=1S/C20H24O5/c1-22-20-18(21)19(24-13-16-10-6-3-7-11-16)17(25-20)14-23-12-15-8-4-2-5-9-15/h2-11,17-21H,12-14H2,1H3/t17-,18-,19-,20-/m1/s1/i14D2,17D,18D,19D. The molecule has 1 aliphatic rings. The Kier molecular flexibility index (Phi) is 4.57. The highest BCUT2D eigenvalue weighted by atomic mass is 16.7. The van der Waals surface area contributed by atoms with Crippen molar-refractivity contribution in [3.8, 4) is 0 Å². The Morgan fingerprint density at radius 3 is 2.24 bits per heavy atom. The molecule has 1 fully saturated rings. The Morgan fingerprint density at radius 1 is 1.04 bits per heavy atom. The van der Waals surface area contributed by atoms with Crippen molar-refractivity contribution in [2.24, 2.45) is 0 Å². The summed E-state index contributed by atoms with van der Waals surface area (Å²) in [5.41, 5.74) is 1.24. The van der Waals surface area contributed by atoms with Gasteiger partial charge in [0.15, 0.2) is 6.29 Å². The van der Waals surface area contributed by atoms with Gasteiger partial charge in [0.2, 0.25) is 0 Å². The second-order valence-electron chi connectivity index (χ2n) is 5.38. The van der Waals surface area contributed by atoms with E-state index < -0.39 is 31.1 Å². The molecule has 0 spiro atoms. The van der Waals surface area contributed by atoms with E-state index in [0.717, 1.165) is 7.11 Å². The van der Waals surface area contributed by atoms with E-state index in [4.69, 9.17) is 25.8 Å². The smallest absolute Gasteiger partial charge is 0.186 e. The molecule has 5 heteroatoms. The molecule has 0 aromatic heterocycles. The fourth-order valence-corrected chi connectivity index (χ4v) is 2.30. The summed E-state index contributed by atoms with van der Waals surface area (Å²) >= 11 is 0. The second-order valence-corrected chi connectivity index (χ2v) is 5.38. The lowest BCUT2D eigenvalue weighted by Gasteiger charge is -2.20. The Labute approximate surface area is 155 Å². The second kappa shape index (κ2) is 9.08. The summed E-state index contributed by atoms with van der Waals surface area (Å²) in [5.74, 6) is 0. The number of hydrogen-bond acceptors (Lipinski definition) is 5. The molecule has 0 unspecified atom stereocenters. The molecule has 2 aromatic rings. The summed E-state index contributed by atoms with van der Waals surface area (Å²) in [7, 11) is 1.12. The molecule has 1 heterocycles. The molecular weight excluding hydrogens is 320 g/mol. The Bertz CT molecular complexity index is 838. The zero-order valence-corrected chi connectivity index (χ0v) is 13.8. The van der Waals surface area contributed by atoms with E-state index in [-0.39, 0.29) is 13.2 Å². The van der Waals surface area contributed by atoms with E-state index in [0.29, 0.717) is 11.1 Å². The minimum atomic E-state index is -2.94. The van der Waals surface area contributed by atoms with Crippen LogP contribution in [0.1, 0.15) is 18.0 Å². The van der Waals surface area contributed by atoms with Crippen molar-refractivity contribution in [1.29, 1.82) is 0 Å². The van der Waals surface area contributed by atoms with Crippen LogP contribution in [-0.4, -0.2) is 43.3 Å². The lowest BCUT2D eigenvalue weighted by molar-refractivity contribution is -0.156. The van der Waals surface area contributed by atoms with Gasteiger partial charge in [-0.05, 0) is 11.1 Å². The van der Waals surface area contributed by atoms with Crippen LogP contribution < -0.4 is 0 Å². The van der Waals surface area contributed by atoms with Crippen LogP contribution in [0, 0.1) is 0 Å². The Balaban J connectivity index is 1.91. The number of ether oxygens (including phenoxy) is 4. The van der Waals surface area contributed by atoms with Crippen molar-refractivity contribution in [3.63, 3.8) is 0 Å². The van der Waals surface area contributed by atoms with Gasteiger partial charge in [0.05, 0.1) is 26.6 Å². The predicted molar refractivity (Wildman–Crippen MR) is 92.8 cm³/mol. The van der Waals surface area contributed by atoms with Crippen molar-refractivity contribution in [3.05, 3.63) is 71.8 Å². The van der Waals surface area contributed by atoms with Gasteiger partial charge >= 0.3 is 0 Å². The summed E-state index contributed by atoms with van der Waals surface area (Å²) in [6.45, 7) is -3.43. The van der Waals surface area contributed by atoms with E-state index in [2.05, 4.69) is 0 Å². The lowest BCUT2D eigenvalue weighted by Crippen LogP contribution is -2.37. The molecule has 1 aliphatic heterocycles. The van der Waals surface area contributed by atoms with Crippen molar-refractivity contribution < 1.29 is 30.9 Å². The van der Waals surface area contributed by atoms with Crippen LogP contribution in [-0.2, 0) is 32.2 Å². The molecule has 0 saturated carbocycles. The number of aliphatic hydroxyl groups is 1. The maximum absolute atomic E-state index is 10.7. The topological polar surface area (TPSA) is 57.2 Å². The number of benzene rings is 2. The molecule has 0 bridgehead atoms. The van der Waals surface area contributed by atoms with Gasteiger partial charge in [0, 0.05) is 7.11 Å². The molecular formula is C20H24O5. The highest BCUT2D eigenvalue weighted by Gasteiger charge is 2.44. The van der Waals surface area contributed by atoms with Crippen LogP contribution >= 0.6 is 0 Å². The van der Waals surface area contributed by atoms with Crippen molar-refractivity contribution in [2.45, 2.75) is 37.7 Å². The largest absolute Gasteiger partial charge is 0.385 e. The van der Waals surface area contributed by atoms with Gasteiger partial charge in [-0.2, -0.15) is 0 Å². The van der Waals surface area contributed by atoms with Gasteiger partial charge in [0.25, 0.3) is 0 Å². The number of hydrogen-bond donors (Lipinski definition) is 1. The first-order valence-corrected chi connectivity index (χ1v) is 7.86.